The molecule has 1 rings (SSSR count). The number of hydrogen-bond acceptors (Lipinski definition) is 4. The average molecular weight is 294 g/mol. The van der Waals surface area contributed by atoms with Crippen LogP contribution in [0.2, 0.25) is 0 Å². The Kier molecular flexibility index (Phi) is 7.19. The average Bonchev–Trinajstić information content (AvgIpc) is 2.40. The number of carbonyl (C=O) groups is 1. The topological polar surface area (TPSA) is 59.6 Å². The molecule has 0 aliphatic carbocycles. The first-order chi connectivity index (χ1) is 9.90. The molecule has 0 aliphatic rings. The molecule has 0 radical (unpaired) electrons. The zero-order valence-electron chi connectivity index (χ0n) is 13.4. The zero-order chi connectivity index (χ0) is 15.7. The van der Waals surface area contributed by atoms with E-state index in [4.69, 9.17) is 9.47 Å². The smallest absolute Gasteiger partial charge is 0.258 e. The van der Waals surface area contributed by atoms with Crippen LogP contribution in [-0.4, -0.2) is 38.3 Å². The quantitative estimate of drug-likeness (QED) is 0.717. The van der Waals surface area contributed by atoms with Crippen molar-refractivity contribution in [2.24, 2.45) is 0 Å². The molecule has 0 aromatic heterocycles. The standard InChI is InChI=1S/C16H26N2O3/c1-16(2,3)18-15(19)12-21-14-7-5-6-13(10-14)11-17-8-9-20-4/h5-7,10,17H,8-9,11-12H2,1-4H3,(H,18,19). The molecule has 21 heavy (non-hydrogen) atoms. The van der Waals surface area contributed by atoms with Crippen molar-refractivity contribution in [2.75, 3.05) is 26.9 Å². The van der Waals surface area contributed by atoms with E-state index in [0.717, 1.165) is 18.7 Å². The maximum atomic E-state index is 11.7. The van der Waals surface area contributed by atoms with Crippen molar-refractivity contribution >= 4 is 5.91 Å². The highest BCUT2D eigenvalue weighted by Gasteiger charge is 2.13. The molecular formula is C16H26N2O3. The second-order valence-corrected chi connectivity index (χ2v) is 5.90. The normalized spacial score (nSPS) is 11.2. The number of hydrogen-bond donors (Lipinski definition) is 2. The van der Waals surface area contributed by atoms with Gasteiger partial charge < -0.3 is 20.1 Å². The molecule has 0 saturated carbocycles. The zero-order valence-corrected chi connectivity index (χ0v) is 13.4. The highest BCUT2D eigenvalue weighted by Crippen LogP contribution is 2.13. The van der Waals surface area contributed by atoms with Gasteiger partial charge in [0.05, 0.1) is 6.61 Å². The van der Waals surface area contributed by atoms with Crippen LogP contribution >= 0.6 is 0 Å². The predicted octanol–water partition coefficient (Wildman–Crippen LogP) is 1.72. The molecule has 1 aromatic rings. The van der Waals surface area contributed by atoms with Crippen molar-refractivity contribution in [1.82, 2.24) is 10.6 Å². The number of ether oxygens (including phenoxy) is 2. The van der Waals surface area contributed by atoms with Crippen LogP contribution in [0.15, 0.2) is 24.3 Å². The Morgan fingerprint density at radius 2 is 2.05 bits per heavy atom. The summed E-state index contributed by atoms with van der Waals surface area (Å²) in [7, 11) is 1.68. The molecule has 118 valence electrons. The summed E-state index contributed by atoms with van der Waals surface area (Å²) in [6.45, 7) is 8.08. The molecule has 0 aliphatic heterocycles. The number of rotatable bonds is 8. The van der Waals surface area contributed by atoms with Gasteiger partial charge in [0.25, 0.3) is 5.91 Å². The fourth-order valence-electron chi connectivity index (χ4n) is 1.76. The second-order valence-electron chi connectivity index (χ2n) is 5.90. The van der Waals surface area contributed by atoms with Gasteiger partial charge in [0.1, 0.15) is 5.75 Å². The van der Waals surface area contributed by atoms with E-state index >= 15 is 0 Å². The summed E-state index contributed by atoms with van der Waals surface area (Å²) in [6.07, 6.45) is 0. The largest absolute Gasteiger partial charge is 0.484 e. The SMILES string of the molecule is COCCNCc1cccc(OCC(=O)NC(C)(C)C)c1. The summed E-state index contributed by atoms with van der Waals surface area (Å²) in [5.74, 6) is 0.580. The van der Waals surface area contributed by atoms with Crippen molar-refractivity contribution in [3.8, 4) is 5.75 Å². The van der Waals surface area contributed by atoms with Crippen LogP contribution in [0.4, 0.5) is 0 Å². The highest BCUT2D eigenvalue weighted by molar-refractivity contribution is 5.78. The van der Waals surface area contributed by atoms with Gasteiger partial charge >= 0.3 is 0 Å². The molecule has 2 N–H and O–H groups in total. The molecular weight excluding hydrogens is 268 g/mol. The van der Waals surface area contributed by atoms with E-state index in [1.165, 1.54) is 0 Å². The van der Waals surface area contributed by atoms with Gasteiger partial charge in [-0.25, -0.2) is 0 Å². The van der Waals surface area contributed by atoms with E-state index in [-0.39, 0.29) is 18.1 Å². The summed E-state index contributed by atoms with van der Waals surface area (Å²) >= 11 is 0. The molecule has 0 unspecified atom stereocenters. The van der Waals surface area contributed by atoms with Gasteiger partial charge in [0.15, 0.2) is 6.61 Å². The summed E-state index contributed by atoms with van der Waals surface area (Å²) in [5.41, 5.74) is 0.868. The van der Waals surface area contributed by atoms with Gasteiger partial charge in [-0.15, -0.1) is 0 Å². The van der Waals surface area contributed by atoms with Gasteiger partial charge in [-0.1, -0.05) is 12.1 Å². The molecule has 5 nitrogen and oxygen atoms in total. The predicted molar refractivity (Wildman–Crippen MR) is 83.4 cm³/mol. The molecule has 0 heterocycles. The molecule has 0 saturated heterocycles. The lowest BCUT2D eigenvalue weighted by Crippen LogP contribution is -2.43. The monoisotopic (exact) mass is 294 g/mol. The molecule has 5 heteroatoms. The first kappa shape index (κ1) is 17.5. The summed E-state index contributed by atoms with van der Waals surface area (Å²) in [6, 6.07) is 7.72. The molecule has 0 spiro atoms. The van der Waals surface area contributed by atoms with Crippen LogP contribution in [0.25, 0.3) is 0 Å². The van der Waals surface area contributed by atoms with Gasteiger partial charge in [-0.2, -0.15) is 0 Å². The van der Waals surface area contributed by atoms with Crippen LogP contribution in [0.3, 0.4) is 0 Å². The third kappa shape index (κ3) is 8.32. The Labute approximate surface area is 127 Å². The number of nitrogens with one attached hydrogen (secondary N) is 2. The third-order valence-corrected chi connectivity index (χ3v) is 2.59. The number of carbonyl (C=O) groups excluding carboxylic acids is 1. The molecule has 0 fully saturated rings. The van der Waals surface area contributed by atoms with Gasteiger partial charge in [0.2, 0.25) is 0 Å². The summed E-state index contributed by atoms with van der Waals surface area (Å²) in [5, 5.41) is 6.13. The Morgan fingerprint density at radius 3 is 2.71 bits per heavy atom. The fraction of sp³-hybridized carbons (Fsp3) is 0.562. The first-order valence-corrected chi connectivity index (χ1v) is 7.13. The number of benzene rings is 1. The Balaban J connectivity index is 2.40. The van der Waals surface area contributed by atoms with Crippen molar-refractivity contribution < 1.29 is 14.3 Å². The third-order valence-electron chi connectivity index (χ3n) is 2.59. The molecule has 1 amide bonds. The van der Waals surface area contributed by atoms with Crippen molar-refractivity contribution in [3.63, 3.8) is 0 Å². The lowest BCUT2D eigenvalue weighted by molar-refractivity contribution is -0.124. The minimum absolute atomic E-state index is 0.0256. The van der Waals surface area contributed by atoms with E-state index in [1.807, 2.05) is 45.0 Å². The van der Waals surface area contributed by atoms with Crippen LogP contribution in [0, 0.1) is 0 Å². The Bertz CT molecular complexity index is 441. The van der Waals surface area contributed by atoms with Crippen LogP contribution in [-0.2, 0) is 16.1 Å². The van der Waals surface area contributed by atoms with Crippen molar-refractivity contribution in [3.05, 3.63) is 29.8 Å². The number of amides is 1. The Hall–Kier alpha value is -1.59. The maximum absolute atomic E-state index is 11.7. The van der Waals surface area contributed by atoms with Crippen LogP contribution in [0.1, 0.15) is 26.3 Å². The maximum Gasteiger partial charge on any atom is 0.258 e. The van der Waals surface area contributed by atoms with Crippen LogP contribution < -0.4 is 15.4 Å². The molecule has 0 atom stereocenters. The van der Waals surface area contributed by atoms with Gasteiger partial charge in [-0.05, 0) is 38.5 Å². The van der Waals surface area contributed by atoms with E-state index in [2.05, 4.69) is 10.6 Å². The van der Waals surface area contributed by atoms with Crippen molar-refractivity contribution in [2.45, 2.75) is 32.9 Å². The molecule has 0 bridgehead atoms. The van der Waals surface area contributed by atoms with Crippen molar-refractivity contribution in [1.29, 1.82) is 0 Å². The minimum Gasteiger partial charge on any atom is -0.484 e. The van der Waals surface area contributed by atoms with E-state index in [9.17, 15) is 4.79 Å². The fourth-order valence-corrected chi connectivity index (χ4v) is 1.76. The summed E-state index contributed by atoms with van der Waals surface area (Å²) in [4.78, 5) is 11.7. The van der Waals surface area contributed by atoms with Gasteiger partial charge in [0, 0.05) is 25.7 Å². The lowest BCUT2D eigenvalue weighted by atomic mass is 10.1. The summed E-state index contributed by atoms with van der Waals surface area (Å²) < 4.78 is 10.5. The van der Waals surface area contributed by atoms with E-state index < -0.39 is 0 Å². The number of methoxy groups -OCH3 is 1. The minimum atomic E-state index is -0.242. The molecule has 1 aromatic carbocycles. The highest BCUT2D eigenvalue weighted by atomic mass is 16.5. The van der Waals surface area contributed by atoms with Crippen LogP contribution in [0.5, 0.6) is 5.75 Å². The second kappa shape index (κ2) is 8.64. The first-order valence-electron chi connectivity index (χ1n) is 7.13. The Morgan fingerprint density at radius 1 is 1.29 bits per heavy atom. The van der Waals surface area contributed by atoms with E-state index in [0.29, 0.717) is 12.4 Å². The van der Waals surface area contributed by atoms with Gasteiger partial charge in [-0.3, -0.25) is 4.79 Å². The van der Waals surface area contributed by atoms with E-state index in [1.54, 1.807) is 7.11 Å². The lowest BCUT2D eigenvalue weighted by Gasteiger charge is -2.20.